The van der Waals surface area contributed by atoms with E-state index in [1.54, 1.807) is 20.8 Å². The summed E-state index contributed by atoms with van der Waals surface area (Å²) in [7, 11) is 1.36. The van der Waals surface area contributed by atoms with Crippen molar-refractivity contribution < 1.29 is 53.1 Å². The highest BCUT2D eigenvalue weighted by Gasteiger charge is 2.38. The second-order valence-corrected chi connectivity index (χ2v) is 10.6. The van der Waals surface area contributed by atoms with E-state index in [2.05, 4.69) is 10.3 Å². The molecule has 0 aliphatic carbocycles. The molecule has 44 heavy (non-hydrogen) atoms. The van der Waals surface area contributed by atoms with Crippen molar-refractivity contribution in [2.24, 2.45) is 17.8 Å². The second kappa shape index (κ2) is 16.4. The molecule has 0 spiro atoms. The van der Waals surface area contributed by atoms with Gasteiger partial charge in [-0.1, -0.05) is 50.6 Å². The van der Waals surface area contributed by atoms with Crippen LogP contribution in [0.3, 0.4) is 0 Å². The summed E-state index contributed by atoms with van der Waals surface area (Å²) < 4.78 is 16.8. The molecule has 1 aliphatic rings. The third-order valence-corrected chi connectivity index (χ3v) is 7.19. The number of carbonyl (C=O) groups excluding carboxylic acids is 4. The van der Waals surface area contributed by atoms with E-state index in [0.717, 1.165) is 5.56 Å². The zero-order valence-electron chi connectivity index (χ0n) is 25.2. The van der Waals surface area contributed by atoms with E-state index >= 15 is 0 Å². The Bertz CT molecular complexity index is 1330. The number of aromatic nitrogens is 1. The summed E-state index contributed by atoms with van der Waals surface area (Å²) in [5, 5.41) is 11.6. The summed E-state index contributed by atoms with van der Waals surface area (Å²) in [4.78, 5) is 76.1. The molecule has 2 aromatic rings. The fourth-order valence-corrected chi connectivity index (χ4v) is 4.88. The number of carboxylic acids is 1. The molecule has 1 aromatic heterocycles. The lowest BCUT2D eigenvalue weighted by Gasteiger charge is -2.29. The molecule has 2 heterocycles. The first-order valence-corrected chi connectivity index (χ1v) is 14.3. The molecule has 1 aromatic carbocycles. The first-order chi connectivity index (χ1) is 21.1. The standard InChI is InChI=1S/C31H38N2O11/c1-18(2)30(38)42-17-41-27-25(28(35)32-15-21(16-34)29(36)37)33-19(3)24(26(27)40-4)22-12-8-9-13-43-44-31(39)23(22)14-20-10-6-5-7-11-20/h5-7,10-11,16,18,21-23H,8-9,12-15,17H2,1-4H3,(H,32,35)(H,36,37). The molecule has 13 nitrogen and oxygen atoms in total. The van der Waals surface area contributed by atoms with Crippen molar-refractivity contribution in [3.8, 4) is 11.5 Å². The van der Waals surface area contributed by atoms with Gasteiger partial charge < -0.3 is 29.4 Å². The van der Waals surface area contributed by atoms with Gasteiger partial charge in [0.2, 0.25) is 6.79 Å². The second-order valence-electron chi connectivity index (χ2n) is 10.6. The van der Waals surface area contributed by atoms with Crippen LogP contribution in [0.25, 0.3) is 0 Å². The van der Waals surface area contributed by atoms with Gasteiger partial charge in [-0.3, -0.25) is 19.3 Å². The minimum Gasteiger partial charge on any atom is -0.492 e. The number of carboxylic acid groups (broad SMARTS) is 1. The summed E-state index contributed by atoms with van der Waals surface area (Å²) >= 11 is 0. The van der Waals surface area contributed by atoms with Crippen LogP contribution in [0.1, 0.15) is 66.3 Å². The van der Waals surface area contributed by atoms with E-state index in [4.69, 9.17) is 24.0 Å². The Labute approximate surface area is 255 Å². The predicted molar refractivity (Wildman–Crippen MR) is 154 cm³/mol. The van der Waals surface area contributed by atoms with E-state index in [1.165, 1.54) is 7.11 Å². The highest BCUT2D eigenvalue weighted by Crippen LogP contribution is 2.45. The normalized spacial score (nSPS) is 17.7. The van der Waals surface area contributed by atoms with Crippen LogP contribution in [-0.4, -0.2) is 67.2 Å². The number of aryl methyl sites for hydroxylation is 1. The Balaban J connectivity index is 2.13. The molecular formula is C31H38N2O11. The molecule has 13 heteroatoms. The van der Waals surface area contributed by atoms with Gasteiger partial charge in [0.1, 0.15) is 12.2 Å². The van der Waals surface area contributed by atoms with Gasteiger partial charge in [-0.15, -0.1) is 0 Å². The molecule has 238 valence electrons. The smallest absolute Gasteiger partial charge is 0.346 e. The first-order valence-electron chi connectivity index (χ1n) is 14.3. The Morgan fingerprint density at radius 1 is 1.16 bits per heavy atom. The molecule has 0 bridgehead atoms. The number of benzene rings is 1. The molecule has 1 fully saturated rings. The number of aliphatic carboxylic acids is 1. The third kappa shape index (κ3) is 8.75. The summed E-state index contributed by atoms with van der Waals surface area (Å²) in [5.41, 5.74) is 1.44. The summed E-state index contributed by atoms with van der Waals surface area (Å²) in [6.45, 7) is 4.09. The Hall–Kier alpha value is -4.52. The quantitative estimate of drug-likeness (QED) is 0.111. The van der Waals surface area contributed by atoms with Crippen molar-refractivity contribution in [2.45, 2.75) is 52.4 Å². The lowest BCUT2D eigenvalue weighted by molar-refractivity contribution is -0.275. The van der Waals surface area contributed by atoms with Gasteiger partial charge in [0, 0.05) is 23.7 Å². The summed E-state index contributed by atoms with van der Waals surface area (Å²) in [6.07, 6.45) is 2.32. The Morgan fingerprint density at radius 3 is 2.52 bits per heavy atom. The van der Waals surface area contributed by atoms with Crippen LogP contribution in [0.2, 0.25) is 0 Å². The van der Waals surface area contributed by atoms with Crippen molar-refractivity contribution in [2.75, 3.05) is 27.1 Å². The molecule has 0 saturated carbocycles. The highest BCUT2D eigenvalue weighted by atomic mass is 17.2. The van der Waals surface area contributed by atoms with Gasteiger partial charge in [-0.05, 0) is 31.7 Å². The largest absolute Gasteiger partial charge is 0.492 e. The first kappa shape index (κ1) is 34.0. The number of carbonyl (C=O) groups is 5. The molecule has 2 N–H and O–H groups in total. The molecular weight excluding hydrogens is 576 g/mol. The Kier molecular flexibility index (Phi) is 12.6. The van der Waals surface area contributed by atoms with Crippen molar-refractivity contribution in [1.29, 1.82) is 0 Å². The number of hydrogen-bond acceptors (Lipinski definition) is 11. The molecule has 3 rings (SSSR count). The van der Waals surface area contributed by atoms with Gasteiger partial charge in [0.05, 0.1) is 25.6 Å². The van der Waals surface area contributed by atoms with Crippen molar-refractivity contribution in [3.63, 3.8) is 0 Å². The zero-order valence-corrected chi connectivity index (χ0v) is 25.2. The van der Waals surface area contributed by atoms with E-state index in [9.17, 15) is 29.1 Å². The molecule has 3 unspecified atom stereocenters. The molecule has 1 amide bonds. The monoisotopic (exact) mass is 614 g/mol. The lowest BCUT2D eigenvalue weighted by atomic mass is 9.78. The van der Waals surface area contributed by atoms with Gasteiger partial charge in [-0.25, -0.2) is 9.78 Å². The zero-order chi connectivity index (χ0) is 32.2. The summed E-state index contributed by atoms with van der Waals surface area (Å²) in [6, 6.07) is 9.40. The number of nitrogens with zero attached hydrogens (tertiary/aromatic N) is 1. The van der Waals surface area contributed by atoms with Crippen LogP contribution in [-0.2, 0) is 40.1 Å². The maximum absolute atomic E-state index is 13.4. The average Bonchev–Trinajstić information content (AvgIpc) is 3.08. The minimum absolute atomic E-state index is 0.0874. The van der Waals surface area contributed by atoms with Crippen LogP contribution in [0.4, 0.5) is 0 Å². The Morgan fingerprint density at radius 2 is 1.89 bits per heavy atom. The number of esters is 1. The van der Waals surface area contributed by atoms with E-state index in [0.29, 0.717) is 36.9 Å². The predicted octanol–water partition coefficient (Wildman–Crippen LogP) is 3.16. The van der Waals surface area contributed by atoms with E-state index < -0.39 is 60.8 Å². The number of pyridine rings is 1. The number of hydrogen-bond donors (Lipinski definition) is 2. The van der Waals surface area contributed by atoms with Crippen LogP contribution in [0, 0.1) is 24.7 Å². The van der Waals surface area contributed by atoms with Crippen LogP contribution < -0.4 is 14.8 Å². The third-order valence-electron chi connectivity index (χ3n) is 7.19. The lowest BCUT2D eigenvalue weighted by Crippen LogP contribution is -2.35. The van der Waals surface area contributed by atoms with Gasteiger partial charge >= 0.3 is 17.9 Å². The average molecular weight is 615 g/mol. The number of nitrogens with one attached hydrogen (secondary N) is 1. The maximum atomic E-state index is 13.4. The number of amides is 1. The SMILES string of the molecule is COc1c(OCOC(=O)C(C)C)c(C(=O)NCC(C=O)C(=O)O)nc(C)c1C1CCCCOOC(=O)C1Cc1ccccc1. The highest BCUT2D eigenvalue weighted by molar-refractivity contribution is 5.97. The van der Waals surface area contributed by atoms with Crippen molar-refractivity contribution >= 4 is 30.1 Å². The van der Waals surface area contributed by atoms with Crippen LogP contribution in [0.5, 0.6) is 11.5 Å². The molecule has 0 radical (unpaired) electrons. The van der Waals surface area contributed by atoms with Crippen molar-refractivity contribution in [3.05, 3.63) is 52.8 Å². The van der Waals surface area contributed by atoms with E-state index in [1.807, 2.05) is 30.3 Å². The van der Waals surface area contributed by atoms with Gasteiger partial charge in [0.15, 0.2) is 17.2 Å². The van der Waals surface area contributed by atoms with Gasteiger partial charge in [-0.2, -0.15) is 4.89 Å². The summed E-state index contributed by atoms with van der Waals surface area (Å²) in [5.74, 6) is -6.66. The minimum atomic E-state index is -1.48. The van der Waals surface area contributed by atoms with Crippen LogP contribution in [0.15, 0.2) is 30.3 Å². The fourth-order valence-electron chi connectivity index (χ4n) is 4.88. The van der Waals surface area contributed by atoms with Crippen molar-refractivity contribution in [1.82, 2.24) is 10.3 Å². The van der Waals surface area contributed by atoms with E-state index in [-0.39, 0.29) is 30.1 Å². The molecule has 1 aliphatic heterocycles. The number of methoxy groups -OCH3 is 1. The molecule has 1 saturated heterocycles. The number of ether oxygens (including phenoxy) is 3. The number of aldehydes is 1. The number of rotatable bonds is 13. The molecule has 3 atom stereocenters. The fraction of sp³-hybridized carbons (Fsp3) is 0.484. The topological polar surface area (TPSA) is 177 Å². The van der Waals surface area contributed by atoms with Gasteiger partial charge in [0.25, 0.3) is 5.91 Å². The maximum Gasteiger partial charge on any atom is 0.346 e. The van der Waals surface area contributed by atoms with Crippen LogP contribution >= 0.6 is 0 Å².